The average molecular weight is 189 g/mol. The maximum Gasteiger partial charge on any atom is 0.212 e. The lowest BCUT2D eigenvalue weighted by Crippen LogP contribution is -1.84. The molecular weight excluding hydrogens is 182 g/mol. The fourth-order valence-corrected chi connectivity index (χ4v) is 0.682. The predicted molar refractivity (Wildman–Crippen MR) is 38.5 cm³/mol. The van der Waals surface area contributed by atoms with E-state index >= 15 is 0 Å². The Hall–Kier alpha value is -0.570. The number of nitrogens with zero attached hydrogens (tertiary/aromatic N) is 1. The van der Waals surface area contributed by atoms with Crippen LogP contribution in [0.15, 0.2) is 22.8 Å². The Balaban J connectivity index is 2.69. The van der Waals surface area contributed by atoms with Crippen LogP contribution in [0.25, 0.3) is 0 Å². The molecule has 0 radical (unpaired) electrons. The Morgan fingerprint density at radius 3 is 3.22 bits per heavy atom. The summed E-state index contributed by atoms with van der Waals surface area (Å²) in [5, 5.41) is 0. The molecule has 0 aliphatic rings. The minimum absolute atomic E-state index is 0.0887. The van der Waals surface area contributed by atoms with Crippen LogP contribution < -0.4 is 4.74 Å². The molecule has 9 heavy (non-hydrogen) atoms. The summed E-state index contributed by atoms with van der Waals surface area (Å²) < 4.78 is 12.4. The second-order valence-electron chi connectivity index (χ2n) is 1.46. The molecule has 0 N–H and O–H groups in total. The van der Waals surface area contributed by atoms with E-state index in [4.69, 9.17) is 6.11 Å². The molecule has 0 saturated heterocycles. The lowest BCUT2D eigenvalue weighted by Gasteiger charge is -1.94. The van der Waals surface area contributed by atoms with Gasteiger partial charge in [0, 0.05) is 16.7 Å². The molecule has 3 heteroatoms. The van der Waals surface area contributed by atoms with Crippen LogP contribution in [0.3, 0.4) is 0 Å². The van der Waals surface area contributed by atoms with Gasteiger partial charge < -0.3 is 4.74 Å². The van der Waals surface area contributed by atoms with Crippen LogP contribution in [0.2, 0.25) is 0 Å². The number of halogens is 1. The van der Waals surface area contributed by atoms with Crippen molar-refractivity contribution in [1.82, 2.24) is 4.98 Å². The van der Waals surface area contributed by atoms with Crippen molar-refractivity contribution in [2.75, 3.05) is 7.09 Å². The highest BCUT2D eigenvalue weighted by atomic mass is 79.9. The van der Waals surface area contributed by atoms with Crippen LogP contribution in [0.1, 0.15) is 1.37 Å². The summed E-state index contributed by atoms with van der Waals surface area (Å²) >= 11 is 3.23. The summed E-state index contributed by atoms with van der Waals surface area (Å²) in [5.41, 5.74) is 0. The van der Waals surface area contributed by atoms with E-state index < -0.39 is 0 Å². The normalized spacial score (nSPS) is 10.6. The summed E-state index contributed by atoms with van der Waals surface area (Å²) in [6, 6.07) is 3.52. The number of rotatable bonds is 1. The highest BCUT2D eigenvalue weighted by Gasteiger charge is 1.88. The first-order valence-corrected chi connectivity index (χ1v) is 3.16. The number of hydrogen-bond acceptors (Lipinski definition) is 2. The van der Waals surface area contributed by atoms with Crippen LogP contribution in [0.5, 0.6) is 5.88 Å². The molecule has 1 aromatic heterocycles. The van der Waals surface area contributed by atoms with Crippen LogP contribution in [-0.2, 0) is 0 Å². The van der Waals surface area contributed by atoms with Gasteiger partial charge >= 0.3 is 0 Å². The first-order valence-electron chi connectivity index (χ1n) is 3.07. The lowest BCUT2D eigenvalue weighted by molar-refractivity contribution is 0.397. The molecule has 2 nitrogen and oxygen atoms in total. The highest BCUT2D eigenvalue weighted by Crippen LogP contribution is 2.10. The summed E-state index contributed by atoms with van der Waals surface area (Å²) in [4.78, 5) is 3.88. The molecule has 0 unspecified atom stereocenters. The molecule has 1 rings (SSSR count). The van der Waals surface area contributed by atoms with E-state index in [1.54, 1.807) is 12.3 Å². The van der Waals surface area contributed by atoms with E-state index in [9.17, 15) is 0 Å². The molecule has 0 aliphatic carbocycles. The van der Waals surface area contributed by atoms with Crippen molar-refractivity contribution in [1.29, 1.82) is 0 Å². The molecule has 0 saturated carbocycles. The number of ether oxygens (including phenoxy) is 1. The maximum absolute atomic E-state index is 6.72. The van der Waals surface area contributed by atoms with Crippen molar-refractivity contribution < 1.29 is 6.11 Å². The number of pyridine rings is 1. The van der Waals surface area contributed by atoms with Crippen molar-refractivity contribution in [3.63, 3.8) is 0 Å². The van der Waals surface area contributed by atoms with E-state index in [-0.39, 0.29) is 7.09 Å². The fourth-order valence-electron chi connectivity index (χ4n) is 0.448. The molecule has 0 spiro atoms. The molecule has 48 valence electrons. The summed E-state index contributed by atoms with van der Waals surface area (Å²) in [6.45, 7) is 0. The highest BCUT2D eigenvalue weighted by molar-refractivity contribution is 9.10. The van der Waals surface area contributed by atoms with Gasteiger partial charge in [-0.3, -0.25) is 0 Å². The van der Waals surface area contributed by atoms with Gasteiger partial charge in [-0.15, -0.1) is 0 Å². The average Bonchev–Trinajstić information content (AvgIpc) is 1.95. The zero-order valence-electron chi connectivity index (χ0n) is 5.67. The minimum atomic E-state index is -0.0887. The van der Waals surface area contributed by atoms with Gasteiger partial charge in [0.1, 0.15) is 0 Å². The van der Waals surface area contributed by atoms with Gasteiger partial charge in [-0.1, -0.05) is 0 Å². The maximum atomic E-state index is 6.72. The summed E-state index contributed by atoms with van der Waals surface area (Å²) in [5.74, 6) is 0.484. The van der Waals surface area contributed by atoms with E-state index in [0.29, 0.717) is 5.88 Å². The first-order chi connectivity index (χ1) is 4.83. The van der Waals surface area contributed by atoms with Gasteiger partial charge in [0.05, 0.1) is 8.46 Å². The van der Waals surface area contributed by atoms with Crippen molar-refractivity contribution in [3.8, 4) is 5.88 Å². The van der Waals surface area contributed by atoms with Crippen LogP contribution in [-0.4, -0.2) is 12.1 Å². The summed E-state index contributed by atoms with van der Waals surface area (Å²) in [7, 11) is -0.0887. The monoisotopic (exact) mass is 188 g/mol. The minimum Gasteiger partial charge on any atom is -0.481 e. The van der Waals surface area contributed by atoms with Crippen molar-refractivity contribution in [3.05, 3.63) is 22.8 Å². The van der Waals surface area contributed by atoms with E-state index in [1.165, 1.54) is 0 Å². The third-order valence-corrected chi connectivity index (χ3v) is 1.32. The molecule has 1 heterocycles. The van der Waals surface area contributed by atoms with E-state index in [1.807, 2.05) is 6.07 Å². The molecule has 0 amide bonds. The summed E-state index contributed by atoms with van der Waals surface area (Å²) in [6.07, 6.45) is 1.63. The van der Waals surface area contributed by atoms with E-state index in [2.05, 4.69) is 20.9 Å². The Kier molecular flexibility index (Phi) is 1.64. The molecular formula is C6H6BrNO. The smallest absolute Gasteiger partial charge is 0.212 e. The van der Waals surface area contributed by atoms with Crippen LogP contribution in [0, 0.1) is 0 Å². The standard InChI is InChI=1S/C6H6BrNO/c1-9-6-3-2-5(7)4-8-6/h2-4H,1H3/i1D. The van der Waals surface area contributed by atoms with Crippen molar-refractivity contribution >= 4 is 15.9 Å². The number of aromatic nitrogens is 1. The Bertz CT molecular complexity index is 201. The molecule has 0 fully saturated rings. The zero-order chi connectivity index (χ0) is 7.40. The van der Waals surface area contributed by atoms with Gasteiger partial charge in [-0.05, 0) is 22.0 Å². The molecule has 0 aromatic carbocycles. The van der Waals surface area contributed by atoms with Gasteiger partial charge in [-0.25, -0.2) is 4.98 Å². The topological polar surface area (TPSA) is 22.1 Å². The van der Waals surface area contributed by atoms with E-state index in [0.717, 1.165) is 4.47 Å². The van der Waals surface area contributed by atoms with Gasteiger partial charge in [0.2, 0.25) is 5.88 Å². The molecule has 1 aromatic rings. The molecule has 0 aliphatic heterocycles. The predicted octanol–water partition coefficient (Wildman–Crippen LogP) is 1.85. The zero-order valence-corrected chi connectivity index (χ0v) is 6.26. The third-order valence-electron chi connectivity index (χ3n) is 0.848. The second kappa shape index (κ2) is 2.82. The van der Waals surface area contributed by atoms with Gasteiger partial charge in [0.15, 0.2) is 0 Å². The van der Waals surface area contributed by atoms with Gasteiger partial charge in [0.25, 0.3) is 0 Å². The Labute approximate surface area is 63.4 Å². The SMILES string of the molecule is [2H]COc1ccc(Br)cn1. The first kappa shape index (κ1) is 5.23. The van der Waals surface area contributed by atoms with Gasteiger partial charge in [-0.2, -0.15) is 0 Å². The molecule has 0 bridgehead atoms. The third kappa shape index (κ3) is 1.68. The Morgan fingerprint density at radius 2 is 2.67 bits per heavy atom. The van der Waals surface area contributed by atoms with Crippen LogP contribution >= 0.6 is 15.9 Å². The quantitative estimate of drug-likeness (QED) is 0.672. The Morgan fingerprint density at radius 1 is 1.78 bits per heavy atom. The second-order valence-corrected chi connectivity index (χ2v) is 2.37. The largest absolute Gasteiger partial charge is 0.481 e. The lowest BCUT2D eigenvalue weighted by atomic mass is 10.5. The number of hydrogen-bond donors (Lipinski definition) is 0. The molecule has 0 atom stereocenters. The fraction of sp³-hybridized carbons (Fsp3) is 0.167. The van der Waals surface area contributed by atoms with Crippen molar-refractivity contribution in [2.24, 2.45) is 0 Å². The number of methoxy groups -OCH3 is 1. The van der Waals surface area contributed by atoms with Crippen LogP contribution in [0.4, 0.5) is 0 Å². The van der Waals surface area contributed by atoms with Crippen molar-refractivity contribution in [2.45, 2.75) is 0 Å².